The van der Waals surface area contributed by atoms with Gasteiger partial charge in [-0.2, -0.15) is 0 Å². The summed E-state index contributed by atoms with van der Waals surface area (Å²) in [5.74, 6) is 13.2. The summed E-state index contributed by atoms with van der Waals surface area (Å²) in [7, 11) is 0. The van der Waals surface area contributed by atoms with Gasteiger partial charge in [-0.05, 0) is 206 Å². The number of fused-ring (bicyclic) bond motifs is 16. The Bertz CT molecular complexity index is 5920. The Balaban J connectivity index is 0.00000426. The molecule has 0 aliphatic carbocycles. The summed E-state index contributed by atoms with van der Waals surface area (Å²) >= 11 is 3.45. The maximum atomic E-state index is 5.55. The first kappa shape index (κ1) is 66.9. The van der Waals surface area contributed by atoms with E-state index in [9.17, 15) is 0 Å². The zero-order chi connectivity index (χ0) is 66.7. The first-order valence-corrected chi connectivity index (χ1v) is 35.2. The van der Waals surface area contributed by atoms with Gasteiger partial charge < -0.3 is 19.9 Å². The van der Waals surface area contributed by atoms with Crippen LogP contribution in [0.2, 0.25) is 0 Å². The number of benzene rings is 6. The van der Waals surface area contributed by atoms with Crippen LogP contribution >= 0.6 is 23.5 Å². The second-order valence-corrected chi connectivity index (χ2v) is 26.7. The predicted octanol–water partition coefficient (Wildman–Crippen LogP) is 19.4. The molecule has 16 bridgehead atoms. The number of aromatic nitrogens is 8. The Morgan fingerprint density at radius 2 is 0.630 bits per heavy atom. The van der Waals surface area contributed by atoms with Crippen molar-refractivity contribution in [2.45, 2.75) is 51.3 Å². The number of nitrogens with one attached hydrogen (secondary N) is 2. The van der Waals surface area contributed by atoms with Gasteiger partial charge in [-0.15, -0.1) is 73.6 Å². The molecule has 0 fully saturated rings. The molecule has 12 aromatic rings. The van der Waals surface area contributed by atoms with E-state index < -0.39 is 0 Å². The molecule has 0 unspecified atom stereocenters. The molecular weight excluding hydrogens is 1320 g/mol. The topological polar surface area (TPSA) is 110 Å². The molecule has 0 atom stereocenters. The Hall–Kier alpha value is -10.3. The summed E-state index contributed by atoms with van der Waals surface area (Å²) in [6.45, 7) is 12.7. The molecule has 6 aromatic carbocycles. The third kappa shape index (κ3) is 12.7. The van der Waals surface area contributed by atoms with Crippen molar-refractivity contribution >= 4 is 139 Å². The van der Waals surface area contributed by atoms with Crippen molar-refractivity contribution in [3.05, 3.63) is 272 Å². The second-order valence-electron chi connectivity index (χ2n) is 25.0. The number of hydrogen-bond acceptors (Lipinski definition) is 4. The number of aryl methyl sites for hydroxylation is 5. The van der Waals surface area contributed by atoms with Crippen molar-refractivity contribution in [2.75, 3.05) is 12.5 Å². The van der Waals surface area contributed by atoms with Crippen LogP contribution in [-0.2, 0) is 19.5 Å². The second kappa shape index (κ2) is 28.2. The average molecular weight is 1390 g/mol. The zero-order valence-corrected chi connectivity index (χ0v) is 62.9. The largest absolute Gasteiger partial charge is 2.00 e. The van der Waals surface area contributed by atoms with Crippen LogP contribution in [0.25, 0.3) is 160 Å². The molecule has 0 radical (unpaired) electrons. The van der Waals surface area contributed by atoms with E-state index in [2.05, 4.69) is 311 Å². The fourth-order valence-corrected chi connectivity index (χ4v) is 14.7. The van der Waals surface area contributed by atoms with Gasteiger partial charge in [-0.1, -0.05) is 145 Å². The number of H-pyrrole nitrogens is 2. The van der Waals surface area contributed by atoms with E-state index in [1.165, 1.54) is 32.0 Å². The number of aromatic amines is 2. The fraction of sp³-hybridized carbons (Fsp3) is 0.0909. The van der Waals surface area contributed by atoms with Crippen LogP contribution in [0, 0.1) is 58.3 Å². The molecule has 6 aromatic heterocycles. The maximum absolute atomic E-state index is 5.55. The van der Waals surface area contributed by atoms with Gasteiger partial charge in [0.25, 0.3) is 0 Å². The fourth-order valence-electron chi connectivity index (χ4n) is 13.9. The van der Waals surface area contributed by atoms with Crippen LogP contribution in [0.15, 0.2) is 192 Å². The molecule has 0 saturated heterocycles. The van der Waals surface area contributed by atoms with Gasteiger partial charge in [0.15, 0.2) is 0 Å². The molecule has 16 rings (SSSR count). The summed E-state index contributed by atoms with van der Waals surface area (Å²) < 4.78 is 0. The van der Waals surface area contributed by atoms with Crippen LogP contribution in [0.1, 0.15) is 97.0 Å². The van der Waals surface area contributed by atoms with Crippen molar-refractivity contribution in [1.82, 2.24) is 29.9 Å². The average Bonchev–Trinajstić information content (AvgIpc) is 1.61. The molecule has 10 heterocycles. The molecule has 0 spiro atoms. The molecule has 0 saturated carbocycles. The molecular formula is C88H64MgN8S2Zn+2. The molecule has 4 aliphatic rings. The van der Waals surface area contributed by atoms with Gasteiger partial charge in [0.05, 0.1) is 22.8 Å². The van der Waals surface area contributed by atoms with Crippen molar-refractivity contribution in [2.24, 2.45) is 0 Å². The van der Waals surface area contributed by atoms with Crippen LogP contribution in [0.5, 0.6) is 0 Å². The number of rotatable bonds is 8. The van der Waals surface area contributed by atoms with Gasteiger partial charge in [0.2, 0.25) is 22.8 Å². The Morgan fingerprint density at radius 3 is 1.05 bits per heavy atom. The third-order valence-corrected chi connectivity index (χ3v) is 20.2. The van der Waals surface area contributed by atoms with Gasteiger partial charge in [0, 0.05) is 73.0 Å². The number of thioether (sulfide) groups is 2. The van der Waals surface area contributed by atoms with E-state index in [4.69, 9.17) is 29.9 Å². The van der Waals surface area contributed by atoms with Gasteiger partial charge >= 0.3 is 42.5 Å². The molecule has 12 heteroatoms. The minimum atomic E-state index is 0. The smallest absolute Gasteiger partial charge is 0.657 e. The van der Waals surface area contributed by atoms with Crippen LogP contribution in [0.3, 0.4) is 0 Å². The summed E-state index contributed by atoms with van der Waals surface area (Å²) in [4.78, 5) is 42.7. The van der Waals surface area contributed by atoms with Gasteiger partial charge in [0.1, 0.15) is 0 Å². The zero-order valence-electron chi connectivity index (χ0n) is 56.9. The Labute approximate surface area is 619 Å². The van der Waals surface area contributed by atoms with Crippen molar-refractivity contribution < 1.29 is 29.4 Å². The first-order valence-electron chi connectivity index (χ1n) is 32.7. The van der Waals surface area contributed by atoms with Crippen LogP contribution in [0.4, 0.5) is 0 Å². The van der Waals surface area contributed by atoms with Gasteiger partial charge in [-0.25, -0.2) is 19.9 Å². The number of hydrogen-bond donors (Lipinski definition) is 0. The molecule has 100 heavy (non-hydrogen) atoms. The van der Waals surface area contributed by atoms with E-state index in [-0.39, 0.29) is 42.5 Å². The minimum Gasteiger partial charge on any atom is -0.657 e. The van der Waals surface area contributed by atoms with E-state index in [1.807, 2.05) is 6.92 Å². The minimum absolute atomic E-state index is 0. The molecule has 470 valence electrons. The van der Waals surface area contributed by atoms with Crippen LogP contribution in [-0.4, -0.2) is 45.5 Å². The van der Waals surface area contributed by atoms with Crippen molar-refractivity contribution in [1.29, 1.82) is 0 Å². The van der Waals surface area contributed by atoms with E-state index in [1.54, 1.807) is 23.5 Å². The van der Waals surface area contributed by atoms with E-state index in [0.717, 1.165) is 179 Å². The molecule has 8 nitrogen and oxygen atoms in total. The number of nitrogens with zero attached hydrogens (tertiary/aromatic N) is 6. The van der Waals surface area contributed by atoms with Crippen molar-refractivity contribution in [3.63, 3.8) is 0 Å². The third-order valence-electron chi connectivity index (χ3n) is 18.7. The monoisotopic (exact) mass is 1380 g/mol. The Morgan fingerprint density at radius 1 is 0.320 bits per heavy atom. The summed E-state index contributed by atoms with van der Waals surface area (Å²) in [5, 5.41) is 0. The standard InChI is InChI=1S/C88H62N8S2.Mg.Zn/c1-9-10-56-13-19-59(20-14-56)83-70-37-33-66(89-70)54(5)67-34-38-71(90-67)84(74-42-45-77(94-74)86(76-44-41-73(83)93-76)62-25-29-64(97-7)30-26-62)60-21-15-57(16-22-60)11-12-58-17-23-61(24-18-58)85-72-39-35-68(91-72)55(6)69-36-40-80(92-69)88(82-52(3)49-51(2)50-53(82)4)81-48-47-79(96-81)87(78-46-43-75(85)95-78)63-27-31-65(98-8)32-28-63;;/h13-50H,1-8H3;;/q-4;2*+2/p+2. The molecule has 2 N–H and O–H groups in total. The summed E-state index contributed by atoms with van der Waals surface area (Å²) in [5.41, 5.74) is 34.5. The van der Waals surface area contributed by atoms with Crippen LogP contribution < -0.4 is 29.9 Å². The van der Waals surface area contributed by atoms with E-state index in [0.29, 0.717) is 0 Å². The van der Waals surface area contributed by atoms with E-state index >= 15 is 0 Å². The predicted molar refractivity (Wildman–Crippen MR) is 415 cm³/mol. The molecule has 4 aliphatic heterocycles. The van der Waals surface area contributed by atoms with Crippen molar-refractivity contribution in [3.8, 4) is 90.4 Å². The Kier molecular flexibility index (Phi) is 18.8. The SMILES string of the molecule is CC#Cc1ccc(-c2c3nc(c(-c4ccc(SC)cc4)c4ccc([n-]4)c(-c4ccc(C#Cc5ccc(-c6c7[nH+]c(c(-c8ccc(SC)cc8)c8ccc([n-]8)c(-c8c(C)cc(C)cc8C)c8[nH+]c(c(C)c9ccc6[n-]9)C=C8)C=C7)cc5)cc4)c4nc(c(C)c5ccc2[n-]5)C=C4)C=C3)cc1.[Mg+2].[Zn+2]. The quantitative estimate of drug-likeness (QED) is 0.0840. The first-order chi connectivity index (χ1) is 47.9. The maximum Gasteiger partial charge on any atom is 2.00 e. The summed E-state index contributed by atoms with van der Waals surface area (Å²) in [6.07, 6.45) is 21.3. The molecule has 0 amide bonds. The normalized spacial score (nSPS) is 11.8. The van der Waals surface area contributed by atoms with Gasteiger partial charge in [-0.3, -0.25) is 0 Å². The summed E-state index contributed by atoms with van der Waals surface area (Å²) in [6, 6.07) is 64.2.